The lowest BCUT2D eigenvalue weighted by atomic mass is 9.94. The van der Waals surface area contributed by atoms with Gasteiger partial charge in [-0.2, -0.15) is 0 Å². The van der Waals surface area contributed by atoms with Gasteiger partial charge in [0.1, 0.15) is 23.9 Å². The first-order valence-electron chi connectivity index (χ1n) is 10.9. The highest BCUT2D eigenvalue weighted by atomic mass is 35.5. The normalized spacial score (nSPS) is 18.8. The number of likely N-dealkylation sites (N-methyl/N-ethyl adjacent to an activating group) is 1. The number of anilines is 2. The van der Waals surface area contributed by atoms with Crippen molar-refractivity contribution in [3.8, 4) is 11.5 Å². The number of fused-ring (bicyclic) bond motifs is 1. The first-order chi connectivity index (χ1) is 17.2. The molecule has 3 aromatic carbocycles. The van der Waals surface area contributed by atoms with Gasteiger partial charge in [0.15, 0.2) is 11.6 Å². The Morgan fingerprint density at radius 2 is 1.83 bits per heavy atom. The molecule has 7 nitrogen and oxygen atoms in total. The molecule has 0 aromatic heterocycles. The van der Waals surface area contributed by atoms with Crippen LogP contribution in [0.25, 0.3) is 5.76 Å². The van der Waals surface area contributed by atoms with Crippen molar-refractivity contribution in [2.45, 2.75) is 6.04 Å². The number of ketones is 1. The summed E-state index contributed by atoms with van der Waals surface area (Å²) < 4.78 is 33.3. The summed E-state index contributed by atoms with van der Waals surface area (Å²) in [4.78, 5) is 29.3. The number of Topliss-reactive ketones (excluding diaryl/α,β-unsaturated/α-hetero) is 1. The average Bonchev–Trinajstić information content (AvgIpc) is 3.12. The molecule has 1 atom stereocenters. The number of aliphatic hydroxyl groups excluding tert-OH is 1. The standard InChI is InChI=1S/C26H19ClF2N2O5/c1-30-8-9-36-21-7-3-14(11-19(21)30)24(33)22-23(13-2-6-20(32)16(27)10-13)31(26(35)25(22)34)15-4-5-17(28)18(29)12-15/h2-7,10-12,23,32-33H,8-9H2,1H3/b24-22-. The van der Waals surface area contributed by atoms with Crippen LogP contribution < -0.4 is 14.5 Å². The zero-order chi connectivity index (χ0) is 25.7. The molecule has 1 unspecified atom stereocenters. The zero-order valence-electron chi connectivity index (χ0n) is 18.8. The van der Waals surface area contributed by atoms with E-state index in [4.69, 9.17) is 16.3 Å². The largest absolute Gasteiger partial charge is 0.507 e. The van der Waals surface area contributed by atoms with Crippen LogP contribution in [-0.2, 0) is 9.59 Å². The van der Waals surface area contributed by atoms with Crippen molar-refractivity contribution in [2.75, 3.05) is 30.0 Å². The lowest BCUT2D eigenvalue weighted by Gasteiger charge is -2.28. The predicted molar refractivity (Wildman–Crippen MR) is 129 cm³/mol. The number of phenols is 1. The summed E-state index contributed by atoms with van der Waals surface area (Å²) in [5.41, 5.74) is 0.837. The van der Waals surface area contributed by atoms with E-state index in [2.05, 4.69) is 0 Å². The van der Waals surface area contributed by atoms with Crippen LogP contribution in [0, 0.1) is 11.6 Å². The summed E-state index contributed by atoms with van der Waals surface area (Å²) in [5.74, 6) is -4.50. The van der Waals surface area contributed by atoms with Gasteiger partial charge in [-0.05, 0) is 48.0 Å². The Morgan fingerprint density at radius 3 is 2.56 bits per heavy atom. The number of amides is 1. The average molecular weight is 513 g/mol. The van der Waals surface area contributed by atoms with Gasteiger partial charge >= 0.3 is 0 Å². The highest BCUT2D eigenvalue weighted by Crippen LogP contribution is 2.44. The van der Waals surface area contributed by atoms with Crippen LogP contribution in [0.1, 0.15) is 17.2 Å². The number of halogens is 3. The number of benzene rings is 3. The SMILES string of the molecule is CN1CCOc2ccc(/C(O)=C3/C(=O)C(=O)N(c4ccc(F)c(F)c4)C3c3ccc(O)c(Cl)c3)cc21. The quantitative estimate of drug-likeness (QED) is 0.298. The van der Waals surface area contributed by atoms with Crippen molar-refractivity contribution in [2.24, 2.45) is 0 Å². The Morgan fingerprint density at radius 1 is 1.06 bits per heavy atom. The van der Waals surface area contributed by atoms with Gasteiger partial charge in [0.05, 0.1) is 28.9 Å². The first-order valence-corrected chi connectivity index (χ1v) is 11.3. The van der Waals surface area contributed by atoms with Gasteiger partial charge in [0.2, 0.25) is 0 Å². The van der Waals surface area contributed by atoms with Crippen molar-refractivity contribution >= 4 is 40.4 Å². The van der Waals surface area contributed by atoms with Gasteiger partial charge in [0, 0.05) is 24.4 Å². The molecule has 1 saturated heterocycles. The number of rotatable bonds is 3. The van der Waals surface area contributed by atoms with Crippen LogP contribution in [-0.4, -0.2) is 42.1 Å². The first kappa shape index (κ1) is 23.6. The minimum absolute atomic E-state index is 0.0593. The van der Waals surface area contributed by atoms with Gasteiger partial charge in [-0.1, -0.05) is 17.7 Å². The van der Waals surface area contributed by atoms with E-state index in [0.717, 1.165) is 23.1 Å². The molecule has 0 spiro atoms. The second-order valence-corrected chi connectivity index (χ2v) is 8.84. The van der Waals surface area contributed by atoms with E-state index in [1.54, 1.807) is 18.2 Å². The molecule has 2 aliphatic rings. The van der Waals surface area contributed by atoms with Crippen LogP contribution >= 0.6 is 11.6 Å². The molecular formula is C26H19ClF2N2O5. The van der Waals surface area contributed by atoms with Gasteiger partial charge in [-0.3, -0.25) is 14.5 Å². The Labute approximate surface area is 209 Å². The van der Waals surface area contributed by atoms with E-state index in [0.29, 0.717) is 24.6 Å². The van der Waals surface area contributed by atoms with Crippen LogP contribution in [0.3, 0.4) is 0 Å². The number of hydrogen-bond acceptors (Lipinski definition) is 6. The van der Waals surface area contributed by atoms with Crippen molar-refractivity contribution in [1.29, 1.82) is 0 Å². The van der Waals surface area contributed by atoms with E-state index >= 15 is 0 Å². The predicted octanol–water partition coefficient (Wildman–Crippen LogP) is 4.78. The Kier molecular flexibility index (Phi) is 5.80. The van der Waals surface area contributed by atoms with Gasteiger partial charge in [0.25, 0.3) is 11.7 Å². The Balaban J connectivity index is 1.72. The fraction of sp³-hybridized carbons (Fsp3) is 0.154. The Bertz CT molecular complexity index is 1460. The summed E-state index contributed by atoms with van der Waals surface area (Å²) in [6, 6.07) is 10.4. The summed E-state index contributed by atoms with van der Waals surface area (Å²) >= 11 is 6.10. The van der Waals surface area contributed by atoms with Crippen molar-refractivity contribution in [3.05, 3.63) is 88.0 Å². The highest BCUT2D eigenvalue weighted by Gasteiger charge is 2.47. The molecule has 2 aliphatic heterocycles. The van der Waals surface area contributed by atoms with E-state index in [1.165, 1.54) is 18.2 Å². The fourth-order valence-corrected chi connectivity index (χ4v) is 4.58. The summed E-state index contributed by atoms with van der Waals surface area (Å²) in [7, 11) is 1.85. The number of carbonyl (C=O) groups is 2. The summed E-state index contributed by atoms with van der Waals surface area (Å²) in [6.45, 7) is 1.11. The maximum absolute atomic E-state index is 14.1. The van der Waals surface area contributed by atoms with Gasteiger partial charge in [-0.25, -0.2) is 8.78 Å². The van der Waals surface area contributed by atoms with E-state index in [9.17, 15) is 28.6 Å². The maximum Gasteiger partial charge on any atom is 0.300 e. The summed E-state index contributed by atoms with van der Waals surface area (Å²) in [6.07, 6.45) is 0. The number of phenolic OH excluding ortho intramolecular Hbond substituents is 1. The van der Waals surface area contributed by atoms with Gasteiger partial charge < -0.3 is 19.8 Å². The molecule has 36 heavy (non-hydrogen) atoms. The molecule has 0 bridgehead atoms. The number of carbonyl (C=O) groups excluding carboxylic acids is 2. The van der Waals surface area contributed by atoms with Crippen LogP contribution in [0.15, 0.2) is 60.2 Å². The fourth-order valence-electron chi connectivity index (χ4n) is 4.40. The lowest BCUT2D eigenvalue weighted by Crippen LogP contribution is -2.29. The Hall–Kier alpha value is -4.11. The second-order valence-electron chi connectivity index (χ2n) is 8.43. The van der Waals surface area contributed by atoms with Crippen molar-refractivity contribution in [1.82, 2.24) is 0 Å². The third-order valence-electron chi connectivity index (χ3n) is 6.24. The minimum atomic E-state index is -1.24. The minimum Gasteiger partial charge on any atom is -0.507 e. The highest BCUT2D eigenvalue weighted by molar-refractivity contribution is 6.51. The van der Waals surface area contributed by atoms with Gasteiger partial charge in [-0.15, -0.1) is 0 Å². The lowest BCUT2D eigenvalue weighted by molar-refractivity contribution is -0.132. The maximum atomic E-state index is 14.1. The molecule has 184 valence electrons. The third kappa shape index (κ3) is 3.81. The molecule has 5 rings (SSSR count). The molecule has 1 amide bonds. The van der Waals surface area contributed by atoms with Crippen molar-refractivity contribution < 1.29 is 33.3 Å². The molecule has 0 radical (unpaired) electrons. The smallest absolute Gasteiger partial charge is 0.300 e. The molecule has 10 heteroatoms. The van der Waals surface area contributed by atoms with Crippen LogP contribution in [0.5, 0.6) is 11.5 Å². The summed E-state index contributed by atoms with van der Waals surface area (Å²) in [5, 5.41) is 21.1. The molecule has 0 aliphatic carbocycles. The van der Waals surface area contributed by atoms with Crippen molar-refractivity contribution in [3.63, 3.8) is 0 Å². The molecule has 3 aromatic rings. The topological polar surface area (TPSA) is 90.3 Å². The molecular weight excluding hydrogens is 494 g/mol. The number of nitrogens with zero attached hydrogens (tertiary/aromatic N) is 2. The number of aliphatic hydroxyl groups is 1. The monoisotopic (exact) mass is 512 g/mol. The number of hydrogen-bond donors (Lipinski definition) is 2. The molecule has 2 N–H and O–H groups in total. The number of aromatic hydroxyl groups is 1. The van der Waals surface area contributed by atoms with E-state index in [1.807, 2.05) is 11.9 Å². The molecule has 2 heterocycles. The molecule has 0 saturated carbocycles. The number of ether oxygens (including phenoxy) is 1. The third-order valence-corrected chi connectivity index (χ3v) is 6.54. The van der Waals surface area contributed by atoms with Crippen LogP contribution in [0.4, 0.5) is 20.2 Å². The molecule has 1 fully saturated rings. The van der Waals surface area contributed by atoms with E-state index < -0.39 is 35.1 Å². The van der Waals surface area contributed by atoms with E-state index in [-0.39, 0.29) is 33.2 Å². The zero-order valence-corrected chi connectivity index (χ0v) is 19.6. The van der Waals surface area contributed by atoms with Crippen LogP contribution in [0.2, 0.25) is 5.02 Å². The second kappa shape index (κ2) is 8.83.